The molecule has 8 heteroatoms. The number of hydrogen-bond donors (Lipinski definition) is 2. The SMILES string of the molecule is Cc1nc(C(=O)N2CCOC[C@H]2Cc2ccccc2)nc(NCCc2cn[nH]c2)c1C. The van der Waals surface area contributed by atoms with Crippen LogP contribution in [0.2, 0.25) is 0 Å². The van der Waals surface area contributed by atoms with Crippen molar-refractivity contribution in [2.75, 3.05) is 31.6 Å². The van der Waals surface area contributed by atoms with Gasteiger partial charge in [0.05, 0.1) is 25.5 Å². The summed E-state index contributed by atoms with van der Waals surface area (Å²) < 4.78 is 5.67. The lowest BCUT2D eigenvalue weighted by Gasteiger charge is -2.35. The molecule has 8 nitrogen and oxygen atoms in total. The van der Waals surface area contributed by atoms with Crippen LogP contribution in [0.5, 0.6) is 0 Å². The van der Waals surface area contributed by atoms with Gasteiger partial charge in [-0.25, -0.2) is 9.97 Å². The number of benzene rings is 1. The highest BCUT2D eigenvalue weighted by molar-refractivity contribution is 5.91. The van der Waals surface area contributed by atoms with Gasteiger partial charge < -0.3 is 15.0 Å². The molecule has 1 atom stereocenters. The van der Waals surface area contributed by atoms with Crippen LogP contribution >= 0.6 is 0 Å². The highest BCUT2D eigenvalue weighted by Gasteiger charge is 2.30. The Morgan fingerprint density at radius 2 is 2.06 bits per heavy atom. The van der Waals surface area contributed by atoms with Gasteiger partial charge in [-0.3, -0.25) is 9.89 Å². The van der Waals surface area contributed by atoms with Crippen LogP contribution in [0.4, 0.5) is 5.82 Å². The second-order valence-corrected chi connectivity index (χ2v) is 7.81. The fourth-order valence-corrected chi connectivity index (χ4v) is 3.74. The molecular formula is C23H28N6O2. The van der Waals surface area contributed by atoms with Gasteiger partial charge in [-0.05, 0) is 37.8 Å². The molecular weight excluding hydrogens is 392 g/mol. The minimum Gasteiger partial charge on any atom is -0.377 e. The minimum absolute atomic E-state index is 0.0358. The molecule has 2 N–H and O–H groups in total. The van der Waals surface area contributed by atoms with Crippen LogP contribution in [-0.4, -0.2) is 63.3 Å². The molecule has 0 saturated carbocycles. The van der Waals surface area contributed by atoms with Crippen LogP contribution in [0.15, 0.2) is 42.7 Å². The third-order valence-electron chi connectivity index (χ3n) is 5.64. The molecule has 1 amide bonds. The van der Waals surface area contributed by atoms with Crippen LogP contribution in [0.3, 0.4) is 0 Å². The van der Waals surface area contributed by atoms with Crippen molar-refractivity contribution in [2.24, 2.45) is 0 Å². The molecule has 0 aliphatic carbocycles. The molecule has 3 aromatic rings. The monoisotopic (exact) mass is 420 g/mol. The van der Waals surface area contributed by atoms with Crippen LogP contribution in [0.25, 0.3) is 0 Å². The number of aromatic nitrogens is 4. The highest BCUT2D eigenvalue weighted by Crippen LogP contribution is 2.19. The van der Waals surface area contributed by atoms with Crippen molar-refractivity contribution >= 4 is 11.7 Å². The molecule has 0 radical (unpaired) electrons. The second-order valence-electron chi connectivity index (χ2n) is 7.81. The number of aryl methyl sites for hydroxylation is 1. The number of nitrogens with one attached hydrogen (secondary N) is 2. The third kappa shape index (κ3) is 5.08. The maximum atomic E-state index is 13.4. The number of ether oxygens (including phenoxy) is 1. The number of anilines is 1. The number of H-pyrrole nitrogens is 1. The predicted octanol–water partition coefficient (Wildman–Crippen LogP) is 2.55. The predicted molar refractivity (Wildman–Crippen MR) is 118 cm³/mol. The Bertz CT molecular complexity index is 1010. The van der Waals surface area contributed by atoms with E-state index in [1.54, 1.807) is 6.20 Å². The Balaban J connectivity index is 1.50. The average molecular weight is 421 g/mol. The van der Waals surface area contributed by atoms with Crippen molar-refractivity contribution < 1.29 is 9.53 Å². The third-order valence-corrected chi connectivity index (χ3v) is 5.64. The first kappa shape index (κ1) is 21.0. The Kier molecular flexibility index (Phi) is 6.57. The van der Waals surface area contributed by atoms with Crippen molar-refractivity contribution in [1.82, 2.24) is 25.1 Å². The summed E-state index contributed by atoms with van der Waals surface area (Å²) in [6, 6.07) is 10.1. The Labute approximate surface area is 182 Å². The van der Waals surface area contributed by atoms with Crippen molar-refractivity contribution in [3.05, 3.63) is 70.9 Å². The van der Waals surface area contributed by atoms with E-state index in [4.69, 9.17) is 4.74 Å². The van der Waals surface area contributed by atoms with E-state index in [0.29, 0.717) is 32.1 Å². The molecule has 2 aromatic heterocycles. The first-order valence-corrected chi connectivity index (χ1v) is 10.6. The number of hydrogen-bond acceptors (Lipinski definition) is 6. The van der Waals surface area contributed by atoms with Crippen molar-refractivity contribution in [1.29, 1.82) is 0 Å². The van der Waals surface area contributed by atoms with E-state index in [1.807, 2.05) is 43.1 Å². The van der Waals surface area contributed by atoms with Crippen LogP contribution < -0.4 is 5.32 Å². The molecule has 4 rings (SSSR count). The number of carbonyl (C=O) groups is 1. The fourth-order valence-electron chi connectivity index (χ4n) is 3.74. The summed E-state index contributed by atoms with van der Waals surface area (Å²) in [5.74, 6) is 0.784. The molecule has 1 aliphatic rings. The second kappa shape index (κ2) is 9.70. The summed E-state index contributed by atoms with van der Waals surface area (Å²) in [4.78, 5) is 24.3. The van der Waals surface area contributed by atoms with E-state index < -0.39 is 0 Å². The van der Waals surface area contributed by atoms with Gasteiger partial charge in [-0.15, -0.1) is 0 Å². The zero-order chi connectivity index (χ0) is 21.6. The number of aromatic amines is 1. The zero-order valence-corrected chi connectivity index (χ0v) is 18.0. The maximum absolute atomic E-state index is 13.4. The van der Waals surface area contributed by atoms with Gasteiger partial charge in [-0.1, -0.05) is 30.3 Å². The summed E-state index contributed by atoms with van der Waals surface area (Å²) in [5, 5.41) is 10.1. The van der Waals surface area contributed by atoms with Crippen LogP contribution in [0.1, 0.15) is 33.0 Å². The molecule has 1 aromatic carbocycles. The van der Waals surface area contributed by atoms with E-state index in [2.05, 4.69) is 37.6 Å². The molecule has 0 unspecified atom stereocenters. The van der Waals surface area contributed by atoms with Gasteiger partial charge in [0.15, 0.2) is 0 Å². The Morgan fingerprint density at radius 1 is 1.23 bits per heavy atom. The molecule has 0 bridgehead atoms. The van der Waals surface area contributed by atoms with Gasteiger partial charge >= 0.3 is 0 Å². The topological polar surface area (TPSA) is 96.0 Å². The van der Waals surface area contributed by atoms with Crippen molar-refractivity contribution in [3.8, 4) is 0 Å². The lowest BCUT2D eigenvalue weighted by molar-refractivity contribution is -0.00229. The first-order chi connectivity index (χ1) is 15.1. The molecule has 31 heavy (non-hydrogen) atoms. The highest BCUT2D eigenvalue weighted by atomic mass is 16.5. The molecule has 0 spiro atoms. The van der Waals surface area contributed by atoms with E-state index in [-0.39, 0.29) is 17.8 Å². The quantitative estimate of drug-likeness (QED) is 0.610. The fraction of sp³-hybridized carbons (Fsp3) is 0.391. The van der Waals surface area contributed by atoms with Crippen molar-refractivity contribution in [2.45, 2.75) is 32.7 Å². The van der Waals surface area contributed by atoms with E-state index >= 15 is 0 Å². The van der Waals surface area contributed by atoms with Gasteiger partial charge in [0.2, 0.25) is 5.82 Å². The molecule has 1 fully saturated rings. The van der Waals surface area contributed by atoms with Gasteiger partial charge in [0.25, 0.3) is 5.91 Å². The maximum Gasteiger partial charge on any atom is 0.292 e. The summed E-state index contributed by atoms with van der Waals surface area (Å²) in [7, 11) is 0. The van der Waals surface area contributed by atoms with Crippen LogP contribution in [-0.2, 0) is 17.6 Å². The van der Waals surface area contributed by atoms with Crippen LogP contribution in [0, 0.1) is 13.8 Å². The first-order valence-electron chi connectivity index (χ1n) is 10.6. The number of amides is 1. The summed E-state index contributed by atoms with van der Waals surface area (Å²) in [6.07, 6.45) is 5.23. The van der Waals surface area contributed by atoms with Crippen molar-refractivity contribution in [3.63, 3.8) is 0 Å². The lowest BCUT2D eigenvalue weighted by atomic mass is 10.0. The number of carbonyl (C=O) groups excluding carboxylic acids is 1. The van der Waals surface area contributed by atoms with E-state index in [1.165, 1.54) is 5.56 Å². The average Bonchev–Trinajstić information content (AvgIpc) is 3.31. The Hall–Kier alpha value is -3.26. The number of morpholine rings is 1. The number of rotatable bonds is 7. The summed E-state index contributed by atoms with van der Waals surface area (Å²) in [6.45, 7) is 6.15. The minimum atomic E-state index is -0.148. The smallest absolute Gasteiger partial charge is 0.292 e. The van der Waals surface area contributed by atoms with Gasteiger partial charge in [-0.2, -0.15) is 5.10 Å². The summed E-state index contributed by atoms with van der Waals surface area (Å²) in [5.41, 5.74) is 4.05. The standard InChI is InChI=1S/C23H28N6O2/c1-16-17(2)27-22(28-21(16)24-9-8-19-13-25-26-14-19)23(30)29-10-11-31-15-20(29)12-18-6-4-3-5-7-18/h3-7,13-14,20H,8-12,15H2,1-2H3,(H,25,26)(H,24,27,28)/t20-/m1/s1. The molecule has 1 aliphatic heterocycles. The summed E-state index contributed by atoms with van der Waals surface area (Å²) >= 11 is 0. The van der Waals surface area contributed by atoms with E-state index in [0.717, 1.165) is 29.7 Å². The van der Waals surface area contributed by atoms with Gasteiger partial charge in [0.1, 0.15) is 5.82 Å². The van der Waals surface area contributed by atoms with Gasteiger partial charge in [0, 0.05) is 30.5 Å². The molecule has 162 valence electrons. The molecule has 1 saturated heterocycles. The zero-order valence-electron chi connectivity index (χ0n) is 18.0. The number of nitrogens with zero attached hydrogens (tertiary/aromatic N) is 4. The molecule has 3 heterocycles. The normalized spacial score (nSPS) is 16.3. The Morgan fingerprint density at radius 3 is 2.84 bits per heavy atom. The lowest BCUT2D eigenvalue weighted by Crippen LogP contribution is -2.50. The largest absolute Gasteiger partial charge is 0.377 e. The van der Waals surface area contributed by atoms with E-state index in [9.17, 15) is 4.79 Å².